The Balaban J connectivity index is 1.45. The summed E-state index contributed by atoms with van der Waals surface area (Å²) < 4.78 is 25.1. The lowest BCUT2D eigenvalue weighted by Gasteiger charge is -2.28. The van der Waals surface area contributed by atoms with E-state index in [1.165, 1.54) is 12.1 Å². The molecule has 0 aliphatic carbocycles. The van der Waals surface area contributed by atoms with Crippen LogP contribution in [0.15, 0.2) is 72.8 Å². The minimum atomic E-state index is -0.274. The molecule has 4 aromatic rings. The predicted octanol–water partition coefficient (Wildman–Crippen LogP) is 5.18. The first kappa shape index (κ1) is 25.3. The monoisotopic (exact) mass is 509 g/mol. The number of morpholine rings is 1. The van der Waals surface area contributed by atoms with Crippen LogP contribution >= 0.6 is 0 Å². The molecule has 8 heteroatoms. The first-order valence-electron chi connectivity index (χ1n) is 12.5. The maximum Gasteiger partial charge on any atom is 0.224 e. The van der Waals surface area contributed by atoms with Crippen molar-refractivity contribution in [2.45, 2.75) is 12.8 Å². The van der Waals surface area contributed by atoms with Crippen molar-refractivity contribution in [1.82, 2.24) is 9.97 Å². The Morgan fingerprint density at radius 3 is 2.34 bits per heavy atom. The molecule has 0 radical (unpaired) electrons. The summed E-state index contributed by atoms with van der Waals surface area (Å²) in [5, 5.41) is 9.51. The molecular weight excluding hydrogens is 481 g/mol. The molecule has 1 fully saturated rings. The lowest BCUT2D eigenvalue weighted by molar-refractivity contribution is 0.122. The zero-order valence-electron chi connectivity index (χ0n) is 21.1. The molecular formula is C30H28FN5O2. The molecule has 192 valence electrons. The summed E-state index contributed by atoms with van der Waals surface area (Å²) in [6.07, 6.45) is 0. The molecule has 2 N–H and O–H groups in total. The van der Waals surface area contributed by atoms with Crippen molar-refractivity contribution in [2.24, 2.45) is 5.73 Å². The van der Waals surface area contributed by atoms with E-state index in [9.17, 15) is 9.65 Å². The van der Waals surface area contributed by atoms with Gasteiger partial charge in [0.25, 0.3) is 0 Å². The van der Waals surface area contributed by atoms with Crippen molar-refractivity contribution in [3.05, 3.63) is 101 Å². The van der Waals surface area contributed by atoms with Crippen LogP contribution in [0.4, 0.5) is 10.2 Å². The van der Waals surface area contributed by atoms with Crippen molar-refractivity contribution >= 4 is 5.82 Å². The van der Waals surface area contributed by atoms with Crippen molar-refractivity contribution < 1.29 is 13.9 Å². The van der Waals surface area contributed by atoms with Crippen LogP contribution in [0.3, 0.4) is 0 Å². The van der Waals surface area contributed by atoms with Crippen molar-refractivity contribution in [2.75, 3.05) is 37.7 Å². The highest BCUT2D eigenvalue weighted by Crippen LogP contribution is 2.36. The summed E-state index contributed by atoms with van der Waals surface area (Å²) in [5.74, 6) is 1.99. The quantitative estimate of drug-likeness (QED) is 0.366. The van der Waals surface area contributed by atoms with Crippen LogP contribution < -0.4 is 15.4 Å². The Morgan fingerprint density at radius 1 is 1.00 bits per heavy atom. The van der Waals surface area contributed by atoms with Gasteiger partial charge < -0.3 is 20.1 Å². The fraction of sp³-hybridized carbons (Fsp3) is 0.233. The normalized spacial score (nSPS) is 14.1. The minimum absolute atomic E-state index is 0.0519. The Morgan fingerprint density at radius 2 is 1.68 bits per heavy atom. The first-order chi connectivity index (χ1) is 18.5. The number of hydrogen-bond donors (Lipinski definition) is 1. The molecule has 0 bridgehead atoms. The number of rotatable bonds is 7. The van der Waals surface area contributed by atoms with Gasteiger partial charge in [-0.1, -0.05) is 36.4 Å². The molecule has 1 aliphatic heterocycles. The summed E-state index contributed by atoms with van der Waals surface area (Å²) in [6, 6.07) is 23.8. The van der Waals surface area contributed by atoms with Crippen molar-refractivity contribution in [3.63, 3.8) is 0 Å². The standard InChI is InChI=1S/C30H28FN5O2/c1-20-34-29(36-12-14-37-15-13-36)17-30(35-20)38-28-16-21(18-32)2-11-26(28)22-3-5-23(6-4-22)27(19-33)24-7-9-25(31)10-8-24/h2-11,16-17,27H,12-15,19,33H2,1H3. The summed E-state index contributed by atoms with van der Waals surface area (Å²) in [4.78, 5) is 11.2. The Hall–Kier alpha value is -4.32. The zero-order valence-corrected chi connectivity index (χ0v) is 21.1. The molecule has 0 saturated carbocycles. The van der Waals surface area contributed by atoms with Gasteiger partial charge in [-0.2, -0.15) is 10.2 Å². The lowest BCUT2D eigenvalue weighted by Crippen LogP contribution is -2.36. The maximum absolute atomic E-state index is 13.4. The van der Waals surface area contributed by atoms with Crippen LogP contribution in [0, 0.1) is 24.1 Å². The molecule has 1 atom stereocenters. The number of aromatic nitrogens is 2. The van der Waals surface area contributed by atoms with Gasteiger partial charge in [-0.25, -0.2) is 9.37 Å². The lowest BCUT2D eigenvalue weighted by atomic mass is 9.90. The van der Waals surface area contributed by atoms with Crippen LogP contribution in [-0.2, 0) is 4.74 Å². The summed E-state index contributed by atoms with van der Waals surface area (Å²) in [7, 11) is 0. The average molecular weight is 510 g/mol. The Labute approximate surface area is 221 Å². The van der Waals surface area contributed by atoms with E-state index in [-0.39, 0.29) is 11.7 Å². The highest BCUT2D eigenvalue weighted by atomic mass is 19.1. The van der Waals surface area contributed by atoms with Gasteiger partial charge in [0.2, 0.25) is 5.88 Å². The van der Waals surface area contributed by atoms with Gasteiger partial charge in [0.15, 0.2) is 0 Å². The summed E-state index contributed by atoms with van der Waals surface area (Å²) in [5.41, 5.74) is 10.3. The molecule has 1 aliphatic rings. The number of nitrogens with zero attached hydrogens (tertiary/aromatic N) is 4. The number of aryl methyl sites for hydroxylation is 1. The van der Waals surface area contributed by atoms with Crippen LogP contribution in [0.5, 0.6) is 11.6 Å². The van der Waals surface area contributed by atoms with Crippen molar-refractivity contribution in [1.29, 1.82) is 5.26 Å². The highest BCUT2D eigenvalue weighted by Gasteiger charge is 2.17. The van der Waals surface area contributed by atoms with E-state index in [0.29, 0.717) is 42.8 Å². The molecule has 0 amide bonds. The second-order valence-corrected chi connectivity index (χ2v) is 9.10. The SMILES string of the molecule is Cc1nc(Oc2cc(C#N)ccc2-c2ccc(C(CN)c3ccc(F)cc3)cc2)cc(N2CCOCC2)n1. The van der Waals surface area contributed by atoms with E-state index in [1.807, 2.05) is 43.3 Å². The number of nitrogens with two attached hydrogens (primary N) is 1. The van der Waals surface area contributed by atoms with Gasteiger partial charge in [0.1, 0.15) is 23.2 Å². The fourth-order valence-corrected chi connectivity index (χ4v) is 4.61. The van der Waals surface area contributed by atoms with E-state index in [0.717, 1.165) is 41.2 Å². The molecule has 38 heavy (non-hydrogen) atoms. The molecule has 5 rings (SSSR count). The third-order valence-electron chi connectivity index (χ3n) is 6.59. The van der Waals surface area contributed by atoms with Crippen molar-refractivity contribution in [3.8, 4) is 28.8 Å². The van der Waals surface area contributed by atoms with Gasteiger partial charge in [0.05, 0.1) is 24.8 Å². The molecule has 7 nitrogen and oxygen atoms in total. The topological polar surface area (TPSA) is 97.3 Å². The maximum atomic E-state index is 13.4. The molecule has 1 aromatic heterocycles. The van der Waals surface area contributed by atoms with Crippen LogP contribution in [-0.4, -0.2) is 42.8 Å². The highest BCUT2D eigenvalue weighted by molar-refractivity contribution is 5.72. The smallest absolute Gasteiger partial charge is 0.224 e. The third-order valence-corrected chi connectivity index (χ3v) is 6.59. The van der Waals surface area contributed by atoms with Gasteiger partial charge in [-0.05, 0) is 53.9 Å². The van der Waals surface area contributed by atoms with E-state index >= 15 is 0 Å². The Bertz CT molecular complexity index is 1450. The molecule has 3 aromatic carbocycles. The number of nitriles is 1. The van der Waals surface area contributed by atoms with Crippen LogP contribution in [0.25, 0.3) is 11.1 Å². The van der Waals surface area contributed by atoms with E-state index in [2.05, 4.69) is 20.9 Å². The van der Waals surface area contributed by atoms with E-state index < -0.39 is 0 Å². The minimum Gasteiger partial charge on any atom is -0.438 e. The van der Waals surface area contributed by atoms with Crippen LogP contribution in [0.2, 0.25) is 0 Å². The second kappa shape index (κ2) is 11.4. The molecule has 2 heterocycles. The number of halogens is 1. The molecule has 1 unspecified atom stereocenters. The second-order valence-electron chi connectivity index (χ2n) is 9.10. The molecule has 1 saturated heterocycles. The van der Waals surface area contributed by atoms with Gasteiger partial charge in [0, 0.05) is 37.2 Å². The Kier molecular flexibility index (Phi) is 7.59. The average Bonchev–Trinajstić information content (AvgIpc) is 2.95. The van der Waals surface area contributed by atoms with Gasteiger partial charge in [-0.3, -0.25) is 0 Å². The number of anilines is 1. The van der Waals surface area contributed by atoms with Gasteiger partial charge >= 0.3 is 0 Å². The largest absolute Gasteiger partial charge is 0.438 e. The van der Waals surface area contributed by atoms with Gasteiger partial charge in [-0.15, -0.1) is 0 Å². The molecule has 0 spiro atoms. The van der Waals surface area contributed by atoms with E-state index in [4.69, 9.17) is 15.2 Å². The summed E-state index contributed by atoms with van der Waals surface area (Å²) >= 11 is 0. The number of benzene rings is 3. The van der Waals surface area contributed by atoms with Crippen LogP contribution in [0.1, 0.15) is 28.4 Å². The first-order valence-corrected chi connectivity index (χ1v) is 12.5. The number of hydrogen-bond acceptors (Lipinski definition) is 7. The van der Waals surface area contributed by atoms with E-state index in [1.54, 1.807) is 24.3 Å². The third kappa shape index (κ3) is 5.65. The fourth-order valence-electron chi connectivity index (χ4n) is 4.61. The number of ether oxygens (including phenoxy) is 2. The summed E-state index contributed by atoms with van der Waals surface area (Å²) in [6.45, 7) is 5.02. The zero-order chi connectivity index (χ0) is 26.5. The predicted molar refractivity (Wildman–Crippen MR) is 144 cm³/mol.